The molecule has 17 heavy (non-hydrogen) atoms. The molecule has 1 N–H and O–H groups in total. The van der Waals surface area contributed by atoms with E-state index in [1.165, 1.54) is 13.8 Å². The average molecular weight is 247 g/mol. The molecule has 9 nitrogen and oxygen atoms in total. The lowest BCUT2D eigenvalue weighted by Gasteiger charge is -2.31. The summed E-state index contributed by atoms with van der Waals surface area (Å²) < 4.78 is 4.56. The first-order valence-electron chi connectivity index (χ1n) is 4.89. The average Bonchev–Trinajstić information content (AvgIpc) is 2.10. The number of esters is 1. The molecule has 0 bridgehead atoms. The number of carboxylic acid groups (broad SMARTS) is 1. The highest BCUT2D eigenvalue weighted by atomic mass is 16.8. The van der Waals surface area contributed by atoms with E-state index in [4.69, 9.17) is 5.11 Å². The lowest BCUT2D eigenvalue weighted by molar-refractivity contribution is -0.727. The van der Waals surface area contributed by atoms with E-state index in [0.717, 1.165) is 5.01 Å². The van der Waals surface area contributed by atoms with Gasteiger partial charge in [-0.15, -0.1) is 5.01 Å². The molecule has 0 aromatic heterocycles. The maximum absolute atomic E-state index is 11.2. The Morgan fingerprint density at radius 3 is 2.65 bits per heavy atom. The third-order valence-corrected chi connectivity index (χ3v) is 2.05. The lowest BCUT2D eigenvalue weighted by atomic mass is 10.0. The number of hydrazine groups is 1. The van der Waals surface area contributed by atoms with Crippen molar-refractivity contribution >= 4 is 11.9 Å². The van der Waals surface area contributed by atoms with Crippen LogP contribution in [0.4, 0.5) is 0 Å². The zero-order chi connectivity index (χ0) is 13.0. The predicted octanol–water partition coefficient (Wildman–Crippen LogP) is -0.279. The molecule has 1 heterocycles. The topological polar surface area (TPSA) is 114 Å². The van der Waals surface area contributed by atoms with Crippen LogP contribution >= 0.6 is 0 Å². The summed E-state index contributed by atoms with van der Waals surface area (Å²) in [5.74, 6) is -2.07. The van der Waals surface area contributed by atoms with Gasteiger partial charge in [-0.1, -0.05) is 0 Å². The minimum absolute atomic E-state index is 0.0770. The van der Waals surface area contributed by atoms with Gasteiger partial charge in [0, 0.05) is 13.8 Å². The number of carbonyl (C=O) groups is 2. The van der Waals surface area contributed by atoms with Crippen molar-refractivity contribution < 1.29 is 29.2 Å². The molecule has 0 spiro atoms. The van der Waals surface area contributed by atoms with Crippen LogP contribution in [0.15, 0.2) is 5.28 Å². The van der Waals surface area contributed by atoms with Crippen molar-refractivity contribution in [3.05, 3.63) is 5.21 Å². The van der Waals surface area contributed by atoms with Gasteiger partial charge < -0.3 is 15.1 Å². The summed E-state index contributed by atoms with van der Waals surface area (Å²) in [6.45, 7) is 2.75. The maximum Gasteiger partial charge on any atom is 0.310 e. The Hall–Kier alpha value is -2.06. The summed E-state index contributed by atoms with van der Waals surface area (Å²) in [5.41, 5.74) is 0. The highest BCUT2D eigenvalue weighted by Crippen LogP contribution is 2.15. The zero-order valence-electron chi connectivity index (χ0n) is 9.40. The Balaban J connectivity index is 2.31. The largest absolute Gasteiger partial charge is 0.569 e. The second-order valence-corrected chi connectivity index (χ2v) is 3.52. The molecule has 0 aromatic rings. The van der Waals surface area contributed by atoms with Crippen LogP contribution in [0.1, 0.15) is 13.8 Å². The van der Waals surface area contributed by atoms with Gasteiger partial charge in [-0.2, -0.15) is 0 Å². The molecule has 1 aliphatic rings. The molecule has 0 aromatic carbocycles. The summed E-state index contributed by atoms with van der Waals surface area (Å²) in [5, 5.41) is 24.0. The van der Waals surface area contributed by atoms with Gasteiger partial charge in [0.15, 0.2) is 0 Å². The number of carboxylic acids is 1. The standard InChI is InChI=1S/C8H13N3O6/c1-5(12)16-6(2)17-9-11(15)10-3-7(4-10)8(13)14/h6-7H,3-4H2,1-2H3,(H,13,14)/b11-9-. The molecule has 0 saturated carbocycles. The summed E-state index contributed by atoms with van der Waals surface area (Å²) in [4.78, 5) is 25.7. The van der Waals surface area contributed by atoms with Crippen LogP contribution < -0.4 is 0 Å². The van der Waals surface area contributed by atoms with Gasteiger partial charge in [0.05, 0.1) is 18.1 Å². The van der Waals surface area contributed by atoms with E-state index >= 15 is 0 Å². The number of ether oxygens (including phenoxy) is 1. The van der Waals surface area contributed by atoms with Gasteiger partial charge in [-0.3, -0.25) is 14.4 Å². The van der Waals surface area contributed by atoms with E-state index in [-0.39, 0.29) is 18.1 Å². The van der Waals surface area contributed by atoms with Crippen molar-refractivity contribution in [1.29, 1.82) is 0 Å². The highest BCUT2D eigenvalue weighted by molar-refractivity contribution is 5.71. The van der Waals surface area contributed by atoms with E-state index in [1.807, 2.05) is 0 Å². The first kappa shape index (κ1) is 13.0. The molecule has 1 fully saturated rings. The summed E-state index contributed by atoms with van der Waals surface area (Å²) in [6, 6.07) is 0. The Morgan fingerprint density at radius 2 is 2.18 bits per heavy atom. The zero-order valence-corrected chi connectivity index (χ0v) is 9.40. The van der Waals surface area contributed by atoms with Crippen LogP contribution in [0.25, 0.3) is 0 Å². The van der Waals surface area contributed by atoms with Crippen LogP contribution in [0.3, 0.4) is 0 Å². The van der Waals surface area contributed by atoms with Crippen molar-refractivity contribution in [2.24, 2.45) is 11.2 Å². The van der Waals surface area contributed by atoms with Gasteiger partial charge in [0.1, 0.15) is 5.92 Å². The quantitative estimate of drug-likeness (QED) is 0.233. The molecule has 1 aliphatic heterocycles. The van der Waals surface area contributed by atoms with Crippen LogP contribution in [0.5, 0.6) is 0 Å². The Bertz CT molecular complexity index is 338. The number of hydrogen-bond donors (Lipinski definition) is 1. The fourth-order valence-electron chi connectivity index (χ4n) is 1.16. The molecule has 1 atom stereocenters. The van der Waals surface area contributed by atoms with E-state index in [2.05, 4.69) is 14.9 Å². The third-order valence-electron chi connectivity index (χ3n) is 2.05. The molecule has 0 amide bonds. The highest BCUT2D eigenvalue weighted by Gasteiger charge is 2.38. The smallest absolute Gasteiger partial charge is 0.310 e. The van der Waals surface area contributed by atoms with Crippen LogP contribution in [-0.2, 0) is 19.2 Å². The second kappa shape index (κ2) is 5.32. The monoisotopic (exact) mass is 247 g/mol. The number of nitrogens with zero attached hydrogens (tertiary/aromatic N) is 3. The molecule has 1 unspecified atom stereocenters. The van der Waals surface area contributed by atoms with E-state index < -0.39 is 24.1 Å². The van der Waals surface area contributed by atoms with Crippen molar-refractivity contribution in [1.82, 2.24) is 5.01 Å². The van der Waals surface area contributed by atoms with E-state index in [0.29, 0.717) is 0 Å². The summed E-state index contributed by atoms with van der Waals surface area (Å²) in [7, 11) is 0. The lowest BCUT2D eigenvalue weighted by Crippen LogP contribution is -2.53. The van der Waals surface area contributed by atoms with E-state index in [1.54, 1.807) is 0 Å². The van der Waals surface area contributed by atoms with Gasteiger partial charge >= 0.3 is 11.9 Å². The third kappa shape index (κ3) is 3.78. The van der Waals surface area contributed by atoms with Crippen molar-refractivity contribution in [3.8, 4) is 0 Å². The van der Waals surface area contributed by atoms with Crippen molar-refractivity contribution in [2.75, 3.05) is 13.1 Å². The van der Waals surface area contributed by atoms with Gasteiger partial charge in [0.25, 0.3) is 6.29 Å². The maximum atomic E-state index is 11.2. The number of carbonyl (C=O) groups excluding carboxylic acids is 1. The minimum Gasteiger partial charge on any atom is -0.569 e. The van der Waals surface area contributed by atoms with Crippen LogP contribution in [0, 0.1) is 11.1 Å². The van der Waals surface area contributed by atoms with E-state index in [9.17, 15) is 14.8 Å². The molecule has 1 saturated heterocycles. The molecule has 1 rings (SSSR count). The predicted molar refractivity (Wildman–Crippen MR) is 51.1 cm³/mol. The van der Waals surface area contributed by atoms with Gasteiger partial charge in [0.2, 0.25) is 5.28 Å². The molecular weight excluding hydrogens is 234 g/mol. The molecule has 96 valence electrons. The first-order valence-corrected chi connectivity index (χ1v) is 4.89. The molecule has 0 radical (unpaired) electrons. The minimum atomic E-state index is -0.972. The first-order chi connectivity index (χ1) is 7.90. The fraction of sp³-hybridized carbons (Fsp3) is 0.750. The van der Waals surface area contributed by atoms with Crippen molar-refractivity contribution in [3.63, 3.8) is 0 Å². The van der Waals surface area contributed by atoms with Gasteiger partial charge in [-0.05, 0) is 0 Å². The number of rotatable bonds is 5. The SMILES string of the molecule is CC(=O)OC(C)O/N=[N+](\[O-])N1CC(C(=O)O)C1. The molecular formula is C8H13N3O6. The fourth-order valence-corrected chi connectivity index (χ4v) is 1.16. The molecule has 9 heteroatoms. The Kier molecular flexibility index (Phi) is 4.07. The van der Waals surface area contributed by atoms with Crippen LogP contribution in [-0.4, -0.2) is 46.4 Å². The number of hydrogen-bond acceptors (Lipinski definition) is 6. The molecule has 0 aliphatic carbocycles. The second-order valence-electron chi connectivity index (χ2n) is 3.52. The van der Waals surface area contributed by atoms with Crippen molar-refractivity contribution in [2.45, 2.75) is 20.1 Å². The summed E-state index contributed by atoms with van der Waals surface area (Å²) >= 11 is 0. The van der Waals surface area contributed by atoms with Gasteiger partial charge in [-0.25, -0.2) is 0 Å². The normalized spacial score (nSPS) is 18.2. The Morgan fingerprint density at radius 1 is 1.59 bits per heavy atom. The summed E-state index contributed by atoms with van der Waals surface area (Å²) in [6.07, 6.45) is -0.972. The Labute approximate surface area is 96.7 Å². The van der Waals surface area contributed by atoms with Crippen LogP contribution in [0.2, 0.25) is 0 Å². The number of aliphatic carboxylic acids is 1.